The maximum atomic E-state index is 12.8. The number of amides is 1. The molecular weight excluding hydrogens is 370 g/mol. The number of ether oxygens (including phenoxy) is 1. The summed E-state index contributed by atoms with van der Waals surface area (Å²) < 4.78 is 5.21. The molecule has 1 unspecified atom stereocenters. The van der Waals surface area contributed by atoms with Crippen LogP contribution in [0, 0.1) is 0 Å². The van der Waals surface area contributed by atoms with Crippen molar-refractivity contribution in [3.8, 4) is 11.5 Å². The van der Waals surface area contributed by atoms with Crippen LogP contribution in [0.5, 0.6) is 11.5 Å². The van der Waals surface area contributed by atoms with Crippen molar-refractivity contribution in [2.24, 2.45) is 0 Å². The quantitative estimate of drug-likeness (QED) is 0.811. The van der Waals surface area contributed by atoms with Crippen LogP contribution in [0.1, 0.15) is 24.9 Å². The van der Waals surface area contributed by atoms with Crippen LogP contribution in [0.4, 0.5) is 5.69 Å². The third kappa shape index (κ3) is 3.24. The third-order valence-electron chi connectivity index (χ3n) is 4.45. The molecule has 6 nitrogen and oxygen atoms in total. The zero-order chi connectivity index (χ0) is 19.7. The number of aliphatic hydroxyl groups excluding tert-OH is 1. The molecule has 0 aliphatic carbocycles. The highest BCUT2D eigenvalue weighted by Gasteiger charge is 2.44. The minimum atomic E-state index is -0.866. The molecule has 1 aliphatic heterocycles. The summed E-state index contributed by atoms with van der Waals surface area (Å²) in [7, 11) is 1.50. The van der Waals surface area contributed by atoms with E-state index in [-0.39, 0.29) is 28.5 Å². The summed E-state index contributed by atoms with van der Waals surface area (Å²) in [6, 6.07) is 10.3. The van der Waals surface area contributed by atoms with Crippen LogP contribution in [-0.2, 0) is 9.59 Å². The third-order valence-corrected chi connectivity index (χ3v) is 4.75. The maximum absolute atomic E-state index is 12.8. The molecule has 0 spiro atoms. The Kier molecular flexibility index (Phi) is 5.10. The van der Waals surface area contributed by atoms with Crippen LogP contribution in [-0.4, -0.2) is 29.0 Å². The largest absolute Gasteiger partial charge is 0.506 e. The number of halogens is 1. The van der Waals surface area contributed by atoms with Gasteiger partial charge in [0.15, 0.2) is 11.5 Å². The highest BCUT2D eigenvalue weighted by atomic mass is 35.5. The van der Waals surface area contributed by atoms with E-state index in [1.54, 1.807) is 37.3 Å². The Balaban J connectivity index is 2.20. The summed E-state index contributed by atoms with van der Waals surface area (Å²) in [6.45, 7) is 1.65. The zero-order valence-corrected chi connectivity index (χ0v) is 15.5. The van der Waals surface area contributed by atoms with Gasteiger partial charge in [0.25, 0.3) is 5.91 Å². The molecule has 2 N–H and O–H groups in total. The van der Waals surface area contributed by atoms with Gasteiger partial charge in [0.1, 0.15) is 11.5 Å². The number of carbonyl (C=O) groups is 2. The Hall–Kier alpha value is -2.99. The molecule has 0 radical (unpaired) electrons. The summed E-state index contributed by atoms with van der Waals surface area (Å²) in [4.78, 5) is 26.6. The van der Waals surface area contributed by atoms with E-state index < -0.39 is 17.7 Å². The van der Waals surface area contributed by atoms with Crippen LogP contribution in [0.25, 0.3) is 0 Å². The number of hydrogen-bond donors (Lipinski definition) is 2. The molecule has 0 saturated carbocycles. The highest BCUT2D eigenvalue weighted by molar-refractivity contribution is 6.32. The number of phenolic OH excluding ortho intramolecular Hbond substituents is 1. The number of rotatable bonds is 5. The van der Waals surface area contributed by atoms with Crippen molar-refractivity contribution >= 4 is 29.0 Å². The van der Waals surface area contributed by atoms with E-state index in [2.05, 4.69) is 0 Å². The number of hydrogen-bond acceptors (Lipinski definition) is 5. The molecule has 7 heteroatoms. The number of anilines is 1. The Morgan fingerprint density at radius 2 is 1.96 bits per heavy atom. The van der Waals surface area contributed by atoms with Crippen LogP contribution < -0.4 is 9.64 Å². The number of carbonyl (C=O) groups excluding carboxylic acids is 2. The minimum absolute atomic E-state index is 0.00655. The Morgan fingerprint density at radius 1 is 1.22 bits per heavy atom. The lowest BCUT2D eigenvalue weighted by Gasteiger charge is -2.27. The van der Waals surface area contributed by atoms with E-state index in [1.807, 2.05) is 0 Å². The van der Waals surface area contributed by atoms with Gasteiger partial charge < -0.3 is 14.9 Å². The topological polar surface area (TPSA) is 87.1 Å². The van der Waals surface area contributed by atoms with Crippen molar-refractivity contribution in [1.29, 1.82) is 0 Å². The van der Waals surface area contributed by atoms with E-state index in [1.165, 1.54) is 24.1 Å². The molecule has 0 saturated heterocycles. The Labute approximate surface area is 161 Å². The summed E-state index contributed by atoms with van der Waals surface area (Å²) in [5.41, 5.74) is 0.959. The molecule has 0 fully saturated rings. The molecule has 27 heavy (non-hydrogen) atoms. The van der Waals surface area contributed by atoms with E-state index in [0.717, 1.165) is 0 Å². The van der Waals surface area contributed by atoms with Gasteiger partial charge in [-0.15, -0.1) is 0 Å². The predicted molar refractivity (Wildman–Crippen MR) is 101 cm³/mol. The fourth-order valence-electron chi connectivity index (χ4n) is 3.12. The molecule has 1 aliphatic rings. The summed E-state index contributed by atoms with van der Waals surface area (Å²) >= 11 is 6.03. The van der Waals surface area contributed by atoms with E-state index >= 15 is 0 Å². The first-order valence-corrected chi connectivity index (χ1v) is 8.69. The molecule has 1 amide bonds. The molecule has 2 aromatic carbocycles. The molecule has 1 heterocycles. The van der Waals surface area contributed by atoms with E-state index in [4.69, 9.17) is 16.3 Å². The lowest BCUT2D eigenvalue weighted by Crippen LogP contribution is -2.31. The number of phenols is 1. The van der Waals surface area contributed by atoms with Gasteiger partial charge in [0.05, 0.1) is 23.7 Å². The van der Waals surface area contributed by atoms with E-state index in [9.17, 15) is 19.8 Å². The second kappa shape index (κ2) is 7.32. The monoisotopic (exact) mass is 387 g/mol. The van der Waals surface area contributed by atoms with Crippen molar-refractivity contribution in [1.82, 2.24) is 0 Å². The van der Waals surface area contributed by atoms with Gasteiger partial charge in [0, 0.05) is 18.2 Å². The van der Waals surface area contributed by atoms with Crippen molar-refractivity contribution in [3.05, 3.63) is 64.4 Å². The molecule has 0 bridgehead atoms. The number of benzene rings is 2. The number of Topliss-reactive ketones (excluding diaryl/α,β-unsaturated/α-hetero) is 1. The first-order chi connectivity index (χ1) is 12.9. The van der Waals surface area contributed by atoms with Gasteiger partial charge in [0.2, 0.25) is 0 Å². The van der Waals surface area contributed by atoms with Crippen molar-refractivity contribution in [2.75, 3.05) is 12.0 Å². The fourth-order valence-corrected chi connectivity index (χ4v) is 3.30. The van der Waals surface area contributed by atoms with Gasteiger partial charge in [-0.05, 0) is 29.8 Å². The average Bonchev–Trinajstić information content (AvgIpc) is 2.94. The second-order valence-electron chi connectivity index (χ2n) is 6.03. The Bertz CT molecular complexity index is 953. The molecule has 2 aromatic rings. The maximum Gasteiger partial charge on any atom is 0.294 e. The molecule has 0 aromatic heterocycles. The normalized spacial score (nSPS) is 16.8. The number of nitrogens with zero attached hydrogens (tertiary/aromatic N) is 1. The first kappa shape index (κ1) is 18.8. The van der Waals surface area contributed by atoms with Crippen LogP contribution in [0.3, 0.4) is 0 Å². The number of ketones is 1. The Morgan fingerprint density at radius 3 is 2.59 bits per heavy atom. The van der Waals surface area contributed by atoms with Gasteiger partial charge in [-0.25, -0.2) is 0 Å². The SMILES string of the molecule is CCC(=O)C1=C(O)C(=O)N(c2cccc(OC)c2)C1c1ccc(O)c(Cl)c1. The van der Waals surface area contributed by atoms with Crippen LogP contribution in [0.15, 0.2) is 53.8 Å². The van der Waals surface area contributed by atoms with E-state index in [0.29, 0.717) is 17.0 Å². The smallest absolute Gasteiger partial charge is 0.294 e. The zero-order valence-electron chi connectivity index (χ0n) is 14.8. The lowest BCUT2D eigenvalue weighted by atomic mass is 9.94. The van der Waals surface area contributed by atoms with Gasteiger partial charge in [-0.1, -0.05) is 30.7 Å². The van der Waals surface area contributed by atoms with Crippen molar-refractivity contribution in [2.45, 2.75) is 19.4 Å². The van der Waals surface area contributed by atoms with Gasteiger partial charge in [-0.3, -0.25) is 14.5 Å². The molecule has 3 rings (SSSR count). The van der Waals surface area contributed by atoms with Crippen LogP contribution >= 0.6 is 11.6 Å². The van der Waals surface area contributed by atoms with Crippen LogP contribution in [0.2, 0.25) is 5.02 Å². The predicted octanol–water partition coefficient (Wildman–Crippen LogP) is 3.93. The highest BCUT2D eigenvalue weighted by Crippen LogP contribution is 2.43. The van der Waals surface area contributed by atoms with Crippen molar-refractivity contribution in [3.63, 3.8) is 0 Å². The van der Waals surface area contributed by atoms with Gasteiger partial charge >= 0.3 is 0 Å². The summed E-state index contributed by atoms with van der Waals surface area (Å²) in [5.74, 6) is -1.21. The summed E-state index contributed by atoms with van der Waals surface area (Å²) in [6.07, 6.45) is 0.126. The minimum Gasteiger partial charge on any atom is -0.506 e. The summed E-state index contributed by atoms with van der Waals surface area (Å²) in [5, 5.41) is 20.2. The average molecular weight is 388 g/mol. The molecule has 140 valence electrons. The number of aliphatic hydroxyl groups is 1. The lowest BCUT2D eigenvalue weighted by molar-refractivity contribution is -0.118. The van der Waals surface area contributed by atoms with Gasteiger partial charge in [-0.2, -0.15) is 0 Å². The second-order valence-corrected chi connectivity index (χ2v) is 6.44. The number of methoxy groups -OCH3 is 1. The molecule has 1 atom stereocenters. The molecular formula is C20H18ClNO5. The standard InChI is InChI=1S/C20H18ClNO5/c1-3-15(23)17-18(11-7-8-16(24)14(21)9-11)22(20(26)19(17)25)12-5-4-6-13(10-12)27-2/h4-10,18,24-25H,3H2,1-2H3. The van der Waals surface area contributed by atoms with Crippen molar-refractivity contribution < 1.29 is 24.5 Å². The fraction of sp³-hybridized carbons (Fsp3) is 0.200. The first-order valence-electron chi connectivity index (χ1n) is 8.31. The number of aromatic hydroxyl groups is 1.